The van der Waals surface area contributed by atoms with Crippen molar-refractivity contribution < 1.29 is 18.7 Å². The predicted molar refractivity (Wildman–Crippen MR) is 117 cm³/mol. The van der Waals surface area contributed by atoms with Gasteiger partial charge in [0, 0.05) is 50.5 Å². The molecule has 166 valence electrons. The van der Waals surface area contributed by atoms with E-state index in [4.69, 9.17) is 9.15 Å². The van der Waals surface area contributed by atoms with E-state index in [0.717, 1.165) is 32.7 Å². The summed E-state index contributed by atoms with van der Waals surface area (Å²) in [5.74, 6) is 0.431. The maximum absolute atomic E-state index is 12.6. The summed E-state index contributed by atoms with van der Waals surface area (Å²) in [6, 6.07) is 10.9. The molecule has 2 fully saturated rings. The fraction of sp³-hybridized carbons (Fsp3) is 0.478. The molecule has 8 nitrogen and oxygen atoms in total. The largest absolute Gasteiger partial charge is 0.484 e. The van der Waals surface area contributed by atoms with Gasteiger partial charge in [-0.3, -0.25) is 14.5 Å². The number of carbonyl (C=O) groups is 2. The van der Waals surface area contributed by atoms with Crippen molar-refractivity contribution in [3.05, 3.63) is 48.4 Å². The number of piperidine rings is 1. The number of benzene rings is 1. The summed E-state index contributed by atoms with van der Waals surface area (Å²) in [5.41, 5.74) is 0.581. The summed E-state index contributed by atoms with van der Waals surface area (Å²) in [7, 11) is 2.18. The van der Waals surface area contributed by atoms with Crippen LogP contribution in [0, 0.1) is 0 Å². The second-order valence-electron chi connectivity index (χ2n) is 8.22. The third-order valence-corrected chi connectivity index (χ3v) is 5.98. The lowest BCUT2D eigenvalue weighted by atomic mass is 10.0. The minimum absolute atomic E-state index is 0.00886. The highest BCUT2D eigenvalue weighted by Gasteiger charge is 2.28. The van der Waals surface area contributed by atoms with Gasteiger partial charge in [0.15, 0.2) is 12.4 Å². The first-order chi connectivity index (χ1) is 15.1. The molecule has 1 N–H and O–H groups in total. The van der Waals surface area contributed by atoms with Crippen LogP contribution < -0.4 is 10.1 Å². The average Bonchev–Trinajstić information content (AvgIpc) is 3.33. The Balaban J connectivity index is 1.23. The van der Waals surface area contributed by atoms with Crippen molar-refractivity contribution in [2.45, 2.75) is 18.9 Å². The van der Waals surface area contributed by atoms with Crippen LogP contribution in [0.2, 0.25) is 0 Å². The number of hydrogen-bond donors (Lipinski definition) is 1. The maximum atomic E-state index is 12.6. The monoisotopic (exact) mass is 426 g/mol. The van der Waals surface area contributed by atoms with Crippen LogP contribution in [-0.4, -0.2) is 85.5 Å². The van der Waals surface area contributed by atoms with Crippen LogP contribution >= 0.6 is 0 Å². The van der Waals surface area contributed by atoms with Gasteiger partial charge in [-0.15, -0.1) is 0 Å². The van der Waals surface area contributed by atoms with E-state index in [-0.39, 0.29) is 24.2 Å². The SMILES string of the molecule is CN1CCCC(N2CCN(C(=O)COc3cccc(NC(=O)c4ccco4)c3)CC2)C1. The van der Waals surface area contributed by atoms with Gasteiger partial charge in [0.05, 0.1) is 6.26 Å². The lowest BCUT2D eigenvalue weighted by Gasteiger charge is -2.42. The van der Waals surface area contributed by atoms with E-state index in [1.54, 1.807) is 36.4 Å². The first-order valence-corrected chi connectivity index (χ1v) is 10.9. The number of hydrogen-bond acceptors (Lipinski definition) is 6. The van der Waals surface area contributed by atoms with Gasteiger partial charge in [-0.05, 0) is 50.7 Å². The van der Waals surface area contributed by atoms with Crippen molar-refractivity contribution in [1.82, 2.24) is 14.7 Å². The van der Waals surface area contributed by atoms with E-state index < -0.39 is 0 Å². The van der Waals surface area contributed by atoms with Gasteiger partial charge >= 0.3 is 0 Å². The van der Waals surface area contributed by atoms with Crippen LogP contribution in [-0.2, 0) is 4.79 Å². The Labute approximate surface area is 182 Å². The fourth-order valence-electron chi connectivity index (χ4n) is 4.27. The number of nitrogens with zero attached hydrogens (tertiary/aromatic N) is 3. The number of anilines is 1. The standard InChI is InChI=1S/C23H30N4O4/c1-25-9-3-6-19(16-25)26-10-12-27(13-11-26)22(28)17-31-20-7-2-5-18(15-20)24-23(29)21-8-4-14-30-21/h2,4-5,7-8,14-15,19H,3,6,9-13,16-17H2,1H3,(H,24,29). The summed E-state index contributed by atoms with van der Waals surface area (Å²) in [4.78, 5) is 31.5. The van der Waals surface area contributed by atoms with Crippen LogP contribution in [0.15, 0.2) is 47.1 Å². The molecule has 0 spiro atoms. The molecular formula is C23H30N4O4. The van der Waals surface area contributed by atoms with Gasteiger partial charge in [0.25, 0.3) is 11.8 Å². The number of likely N-dealkylation sites (N-methyl/N-ethyl adjacent to an activating group) is 1. The molecule has 0 saturated carbocycles. The highest BCUT2D eigenvalue weighted by molar-refractivity contribution is 6.02. The van der Waals surface area contributed by atoms with E-state index in [1.807, 2.05) is 4.90 Å². The summed E-state index contributed by atoms with van der Waals surface area (Å²) in [6.07, 6.45) is 3.94. The number of furan rings is 1. The summed E-state index contributed by atoms with van der Waals surface area (Å²) < 4.78 is 10.8. The van der Waals surface area contributed by atoms with Crippen molar-refractivity contribution >= 4 is 17.5 Å². The fourth-order valence-corrected chi connectivity index (χ4v) is 4.27. The molecule has 2 amide bonds. The Hall–Kier alpha value is -2.84. The molecule has 0 radical (unpaired) electrons. The van der Waals surface area contributed by atoms with Gasteiger partial charge in [0.2, 0.25) is 0 Å². The molecule has 2 aromatic rings. The molecule has 4 rings (SSSR count). The van der Waals surface area contributed by atoms with Crippen molar-refractivity contribution in [3.63, 3.8) is 0 Å². The first-order valence-electron chi connectivity index (χ1n) is 10.9. The predicted octanol–water partition coefficient (Wildman–Crippen LogP) is 2.15. The Morgan fingerprint density at radius 3 is 2.71 bits per heavy atom. The topological polar surface area (TPSA) is 78.3 Å². The molecule has 1 atom stereocenters. The lowest BCUT2D eigenvalue weighted by molar-refractivity contribution is -0.135. The molecule has 0 aliphatic carbocycles. The van der Waals surface area contributed by atoms with Crippen molar-refractivity contribution in [2.75, 3.05) is 58.2 Å². The summed E-state index contributed by atoms with van der Waals surface area (Å²) >= 11 is 0. The van der Waals surface area contributed by atoms with E-state index >= 15 is 0 Å². The second kappa shape index (κ2) is 9.98. The second-order valence-corrected chi connectivity index (χ2v) is 8.22. The highest BCUT2D eigenvalue weighted by atomic mass is 16.5. The summed E-state index contributed by atoms with van der Waals surface area (Å²) in [5, 5.41) is 2.76. The van der Waals surface area contributed by atoms with Crippen LogP contribution in [0.25, 0.3) is 0 Å². The Morgan fingerprint density at radius 1 is 1.13 bits per heavy atom. The first kappa shape index (κ1) is 21.4. The lowest BCUT2D eigenvalue weighted by Crippen LogP contribution is -2.56. The third-order valence-electron chi connectivity index (χ3n) is 5.98. The van der Waals surface area contributed by atoms with Crippen LogP contribution in [0.5, 0.6) is 5.75 Å². The molecule has 1 aromatic carbocycles. The zero-order valence-electron chi connectivity index (χ0n) is 18.0. The summed E-state index contributed by atoms with van der Waals surface area (Å²) in [6.45, 7) is 5.59. The van der Waals surface area contributed by atoms with Crippen molar-refractivity contribution in [3.8, 4) is 5.75 Å². The molecule has 31 heavy (non-hydrogen) atoms. The number of likely N-dealkylation sites (tertiary alicyclic amines) is 1. The minimum atomic E-state index is -0.333. The Morgan fingerprint density at radius 2 is 1.97 bits per heavy atom. The Kier molecular flexibility index (Phi) is 6.89. The molecule has 0 bridgehead atoms. The minimum Gasteiger partial charge on any atom is -0.484 e. The number of amides is 2. The van der Waals surface area contributed by atoms with Gasteiger partial charge in [-0.2, -0.15) is 0 Å². The number of rotatable bonds is 6. The number of carbonyl (C=O) groups excluding carboxylic acids is 2. The van der Waals surface area contributed by atoms with Gasteiger partial charge in [-0.25, -0.2) is 0 Å². The third kappa shape index (κ3) is 5.65. The molecule has 8 heteroatoms. The molecule has 1 unspecified atom stereocenters. The zero-order chi connectivity index (χ0) is 21.6. The van der Waals surface area contributed by atoms with Gasteiger partial charge in [-0.1, -0.05) is 6.07 Å². The number of nitrogens with one attached hydrogen (secondary N) is 1. The smallest absolute Gasteiger partial charge is 0.291 e. The quantitative estimate of drug-likeness (QED) is 0.763. The molecule has 2 aliphatic heterocycles. The molecule has 1 aromatic heterocycles. The van der Waals surface area contributed by atoms with Crippen LogP contribution in [0.1, 0.15) is 23.4 Å². The van der Waals surface area contributed by atoms with E-state index in [1.165, 1.54) is 25.6 Å². The highest BCUT2D eigenvalue weighted by Crippen LogP contribution is 2.19. The zero-order valence-corrected chi connectivity index (χ0v) is 18.0. The normalized spacial score (nSPS) is 20.4. The molecule has 2 saturated heterocycles. The number of piperazine rings is 1. The van der Waals surface area contributed by atoms with E-state index in [0.29, 0.717) is 17.5 Å². The Bertz CT molecular complexity index is 877. The molecule has 3 heterocycles. The van der Waals surface area contributed by atoms with Gasteiger partial charge in [0.1, 0.15) is 5.75 Å². The maximum Gasteiger partial charge on any atom is 0.291 e. The van der Waals surface area contributed by atoms with Gasteiger partial charge < -0.3 is 24.3 Å². The molecule has 2 aliphatic rings. The average molecular weight is 427 g/mol. The number of ether oxygens (including phenoxy) is 1. The van der Waals surface area contributed by atoms with E-state index in [9.17, 15) is 9.59 Å². The van der Waals surface area contributed by atoms with Crippen LogP contribution in [0.3, 0.4) is 0 Å². The molecular weight excluding hydrogens is 396 g/mol. The van der Waals surface area contributed by atoms with E-state index in [2.05, 4.69) is 22.2 Å². The van der Waals surface area contributed by atoms with Crippen molar-refractivity contribution in [2.24, 2.45) is 0 Å². The van der Waals surface area contributed by atoms with Crippen LogP contribution in [0.4, 0.5) is 5.69 Å². The van der Waals surface area contributed by atoms with Crippen molar-refractivity contribution in [1.29, 1.82) is 0 Å².